The number of halogens is 1. The first-order valence-corrected chi connectivity index (χ1v) is 6.40. The quantitative estimate of drug-likeness (QED) is 0.181. The van der Waals surface area contributed by atoms with Crippen LogP contribution in [0.3, 0.4) is 0 Å². The zero-order valence-electron chi connectivity index (χ0n) is 12.1. The van der Waals surface area contributed by atoms with Crippen molar-refractivity contribution in [3.8, 4) is 0 Å². The molecule has 0 aromatic carbocycles. The van der Waals surface area contributed by atoms with Gasteiger partial charge in [-0.2, -0.15) is 0 Å². The molecule has 0 atom stereocenters. The smallest absolute Gasteiger partial charge is 0.352 e. The van der Waals surface area contributed by atoms with E-state index in [1.807, 2.05) is 0 Å². The van der Waals surface area contributed by atoms with Crippen LogP contribution in [-0.2, 0) is 42.9 Å². The van der Waals surface area contributed by atoms with Crippen molar-refractivity contribution in [2.75, 3.05) is 35.5 Å². The summed E-state index contributed by atoms with van der Waals surface area (Å²) in [7, 11) is 4.77. The molecule has 0 unspecified atom stereocenters. The van der Waals surface area contributed by atoms with E-state index in [0.29, 0.717) is 0 Å². The molecule has 0 fully saturated rings. The molecule has 21 heavy (non-hydrogen) atoms. The van der Waals surface area contributed by atoms with Crippen molar-refractivity contribution in [1.82, 2.24) is 0 Å². The molecule has 0 rings (SSSR count). The minimum atomic E-state index is -2.72. The van der Waals surface area contributed by atoms with Crippen molar-refractivity contribution in [2.45, 2.75) is 9.02 Å². The van der Waals surface area contributed by atoms with Gasteiger partial charge in [0.25, 0.3) is 9.02 Å². The molecule has 0 amide bonds. The van der Waals surface area contributed by atoms with Crippen LogP contribution in [0.5, 0.6) is 0 Å². The summed E-state index contributed by atoms with van der Waals surface area (Å²) in [6.45, 7) is 0. The van der Waals surface area contributed by atoms with Gasteiger partial charge in [0.05, 0.1) is 28.4 Å². The highest BCUT2D eigenvalue weighted by atomic mass is 127. The van der Waals surface area contributed by atoms with Crippen LogP contribution in [0.1, 0.15) is 0 Å². The average molecular weight is 418 g/mol. The summed E-state index contributed by atoms with van der Waals surface area (Å²) in [5.41, 5.74) is -2.72. The molecule has 0 heterocycles. The van der Waals surface area contributed by atoms with Crippen LogP contribution in [0.15, 0.2) is 0 Å². The van der Waals surface area contributed by atoms with Gasteiger partial charge in [-0.3, -0.25) is 0 Å². The first kappa shape index (κ1) is 19.6. The minimum Gasteiger partial charge on any atom is -0.467 e. The topological polar surface area (TPSA) is 114 Å². The molecule has 0 saturated carbocycles. The van der Waals surface area contributed by atoms with E-state index < -0.39 is 32.9 Å². The van der Waals surface area contributed by atoms with Crippen LogP contribution < -0.4 is 0 Å². The minimum absolute atomic E-state index is 0.938. The number of esters is 4. The molecule has 120 valence electrons. The van der Waals surface area contributed by atoms with Crippen molar-refractivity contribution >= 4 is 46.5 Å². The predicted octanol–water partition coefficient (Wildman–Crippen LogP) is -0.763. The second-order valence-corrected chi connectivity index (χ2v) is 5.13. The number of methoxy groups -OCH3 is 5. The van der Waals surface area contributed by atoms with Gasteiger partial charge in [0.15, 0.2) is 0 Å². The Morgan fingerprint density at radius 2 is 0.952 bits per heavy atom. The maximum Gasteiger partial charge on any atom is 0.352 e. The van der Waals surface area contributed by atoms with Gasteiger partial charge in [0, 0.05) is 7.11 Å². The summed E-state index contributed by atoms with van der Waals surface area (Å²) in [6, 6.07) is 0. The molecule has 9 nitrogen and oxygen atoms in total. The normalized spacial score (nSPS) is 11.3. The van der Waals surface area contributed by atoms with Gasteiger partial charge in [-0.05, 0) is 22.6 Å². The highest BCUT2D eigenvalue weighted by molar-refractivity contribution is 14.1. The molecular formula is C11H15IO9. The fourth-order valence-electron chi connectivity index (χ4n) is 1.61. The highest BCUT2D eigenvalue weighted by Gasteiger charge is 2.73. The van der Waals surface area contributed by atoms with E-state index in [2.05, 4.69) is 18.9 Å². The van der Waals surface area contributed by atoms with E-state index in [1.54, 1.807) is 0 Å². The van der Waals surface area contributed by atoms with Crippen LogP contribution >= 0.6 is 22.6 Å². The first-order chi connectivity index (χ1) is 9.74. The fraction of sp³-hybridized carbons (Fsp3) is 0.636. The van der Waals surface area contributed by atoms with Crippen LogP contribution in [-0.4, -0.2) is 68.4 Å². The molecule has 0 aliphatic carbocycles. The van der Waals surface area contributed by atoms with Gasteiger partial charge >= 0.3 is 23.9 Å². The summed E-state index contributed by atoms with van der Waals surface area (Å²) in [5.74, 6) is -5.12. The number of carbonyl (C=O) groups is 4. The van der Waals surface area contributed by atoms with Crippen molar-refractivity contribution in [3.05, 3.63) is 0 Å². The second-order valence-electron chi connectivity index (χ2n) is 3.51. The van der Waals surface area contributed by atoms with E-state index in [0.717, 1.165) is 35.5 Å². The summed E-state index contributed by atoms with van der Waals surface area (Å²) in [4.78, 5) is 48.3. The van der Waals surface area contributed by atoms with Gasteiger partial charge in [-0.1, -0.05) is 0 Å². The lowest BCUT2D eigenvalue weighted by Gasteiger charge is -2.36. The third-order valence-corrected chi connectivity index (χ3v) is 4.31. The largest absolute Gasteiger partial charge is 0.467 e. The molecule has 0 N–H and O–H groups in total. The van der Waals surface area contributed by atoms with E-state index in [4.69, 9.17) is 4.74 Å². The molecule has 0 spiro atoms. The zero-order chi connectivity index (χ0) is 16.8. The summed E-state index contributed by atoms with van der Waals surface area (Å²) < 4.78 is 20.3. The molecule has 0 aliphatic heterocycles. The molecular weight excluding hydrogens is 403 g/mol. The maximum atomic E-state index is 12.1. The van der Waals surface area contributed by atoms with E-state index in [1.165, 1.54) is 22.6 Å². The van der Waals surface area contributed by atoms with E-state index in [9.17, 15) is 19.2 Å². The Labute approximate surface area is 134 Å². The molecule has 0 radical (unpaired) electrons. The Kier molecular flexibility index (Phi) is 7.03. The van der Waals surface area contributed by atoms with Gasteiger partial charge in [-0.15, -0.1) is 0 Å². The standard InChI is InChI=1S/C11H15IO9/c1-17-6(13)10(12,7(14)18-2)11(21-5,8(15)19-3)9(16)20-4/h1-5H3. The van der Waals surface area contributed by atoms with Gasteiger partial charge in [0.2, 0.25) is 0 Å². The molecule has 0 aliphatic rings. The zero-order valence-corrected chi connectivity index (χ0v) is 14.2. The Morgan fingerprint density at radius 1 is 0.667 bits per heavy atom. The van der Waals surface area contributed by atoms with Crippen LogP contribution in [0.4, 0.5) is 0 Å². The number of alkyl halides is 1. The van der Waals surface area contributed by atoms with Gasteiger partial charge < -0.3 is 23.7 Å². The van der Waals surface area contributed by atoms with Crippen molar-refractivity contribution < 1.29 is 42.9 Å². The Balaban J connectivity index is 6.55. The predicted molar refractivity (Wildman–Crippen MR) is 74.6 cm³/mol. The fourth-order valence-corrected chi connectivity index (χ4v) is 2.71. The van der Waals surface area contributed by atoms with Crippen LogP contribution in [0.25, 0.3) is 0 Å². The SMILES string of the molecule is COC(=O)C(I)(C(=O)OC)C(OC)(C(=O)OC)C(=O)OC. The summed E-state index contributed by atoms with van der Waals surface area (Å²) >= 11 is 1.24. The lowest BCUT2D eigenvalue weighted by atomic mass is 9.86. The summed E-state index contributed by atoms with van der Waals surface area (Å²) in [6.07, 6.45) is 0. The number of hydrogen-bond donors (Lipinski definition) is 0. The van der Waals surface area contributed by atoms with Crippen molar-refractivity contribution in [1.29, 1.82) is 0 Å². The highest BCUT2D eigenvalue weighted by Crippen LogP contribution is 2.39. The molecule has 0 bridgehead atoms. The Hall–Kier alpha value is -1.43. The first-order valence-electron chi connectivity index (χ1n) is 5.32. The van der Waals surface area contributed by atoms with E-state index in [-0.39, 0.29) is 0 Å². The third kappa shape index (κ3) is 2.81. The number of hydrogen-bond acceptors (Lipinski definition) is 9. The Morgan fingerprint density at radius 3 is 1.14 bits per heavy atom. The molecule has 0 aromatic rings. The lowest BCUT2D eigenvalue weighted by molar-refractivity contribution is -0.197. The number of ether oxygens (including phenoxy) is 5. The third-order valence-electron chi connectivity index (χ3n) is 2.67. The van der Waals surface area contributed by atoms with E-state index >= 15 is 0 Å². The summed E-state index contributed by atoms with van der Waals surface area (Å²) in [5, 5.41) is 0. The van der Waals surface area contributed by atoms with Gasteiger partial charge in [0.1, 0.15) is 0 Å². The monoisotopic (exact) mass is 418 g/mol. The molecule has 10 heteroatoms. The lowest BCUT2D eigenvalue weighted by Crippen LogP contribution is -2.70. The van der Waals surface area contributed by atoms with Gasteiger partial charge in [-0.25, -0.2) is 19.2 Å². The number of rotatable bonds is 6. The number of carbonyl (C=O) groups excluding carboxylic acids is 4. The second kappa shape index (κ2) is 7.54. The maximum absolute atomic E-state index is 12.1. The van der Waals surface area contributed by atoms with Crippen molar-refractivity contribution in [2.24, 2.45) is 0 Å². The average Bonchev–Trinajstić information content (AvgIpc) is 2.52. The van der Waals surface area contributed by atoms with Crippen LogP contribution in [0, 0.1) is 0 Å². The molecule has 0 saturated heterocycles. The van der Waals surface area contributed by atoms with Crippen molar-refractivity contribution in [3.63, 3.8) is 0 Å². The van der Waals surface area contributed by atoms with Crippen LogP contribution in [0.2, 0.25) is 0 Å². The Bertz CT molecular complexity index is 413. The molecule has 0 aromatic heterocycles.